The molecule has 2 heterocycles. The minimum Gasteiger partial charge on any atom is -0.361 e. The van der Waals surface area contributed by atoms with Gasteiger partial charge in [-0.2, -0.15) is 5.10 Å². The van der Waals surface area contributed by atoms with E-state index in [2.05, 4.69) is 30.9 Å². The lowest BCUT2D eigenvalue weighted by Gasteiger charge is -2.11. The first kappa shape index (κ1) is 14.0. The molecule has 8 heteroatoms. The number of guanidine groups is 1. The average Bonchev–Trinajstić information content (AvgIpc) is 3.06. The molecule has 8 nitrogen and oxygen atoms in total. The SMILES string of the molecule is CN=C(NCCn1cncn1)NCc1c(C)noc1C. The van der Waals surface area contributed by atoms with Crippen molar-refractivity contribution in [2.75, 3.05) is 13.6 Å². The van der Waals surface area contributed by atoms with E-state index in [1.54, 1.807) is 18.1 Å². The highest BCUT2D eigenvalue weighted by Crippen LogP contribution is 2.11. The molecule has 0 aliphatic heterocycles. The van der Waals surface area contributed by atoms with Gasteiger partial charge in [-0.15, -0.1) is 0 Å². The van der Waals surface area contributed by atoms with E-state index >= 15 is 0 Å². The van der Waals surface area contributed by atoms with Gasteiger partial charge in [0.1, 0.15) is 18.4 Å². The summed E-state index contributed by atoms with van der Waals surface area (Å²) in [5.41, 5.74) is 1.96. The molecule has 0 fully saturated rings. The number of aryl methyl sites for hydroxylation is 2. The van der Waals surface area contributed by atoms with Crippen molar-refractivity contribution < 1.29 is 4.52 Å². The third-order valence-electron chi connectivity index (χ3n) is 2.94. The van der Waals surface area contributed by atoms with Crippen LogP contribution in [0.25, 0.3) is 0 Å². The van der Waals surface area contributed by atoms with Crippen LogP contribution in [-0.2, 0) is 13.1 Å². The lowest BCUT2D eigenvalue weighted by Crippen LogP contribution is -2.38. The van der Waals surface area contributed by atoms with E-state index in [0.717, 1.165) is 29.5 Å². The molecule has 0 saturated heterocycles. The second-order valence-electron chi connectivity index (χ2n) is 4.31. The number of nitrogens with one attached hydrogen (secondary N) is 2. The summed E-state index contributed by atoms with van der Waals surface area (Å²) >= 11 is 0. The number of rotatable bonds is 5. The molecule has 2 rings (SSSR count). The quantitative estimate of drug-likeness (QED) is 0.601. The van der Waals surface area contributed by atoms with Crippen molar-refractivity contribution in [3.05, 3.63) is 29.7 Å². The van der Waals surface area contributed by atoms with Gasteiger partial charge in [-0.3, -0.25) is 9.67 Å². The van der Waals surface area contributed by atoms with E-state index in [-0.39, 0.29) is 0 Å². The molecule has 0 aliphatic rings. The summed E-state index contributed by atoms with van der Waals surface area (Å²) in [7, 11) is 1.73. The molecule has 2 aromatic heterocycles. The Labute approximate surface area is 117 Å². The zero-order valence-corrected chi connectivity index (χ0v) is 11.9. The van der Waals surface area contributed by atoms with Gasteiger partial charge in [-0.05, 0) is 13.8 Å². The number of nitrogens with zero attached hydrogens (tertiary/aromatic N) is 5. The van der Waals surface area contributed by atoms with Gasteiger partial charge in [-0.1, -0.05) is 5.16 Å². The van der Waals surface area contributed by atoms with Gasteiger partial charge in [0.05, 0.1) is 12.2 Å². The highest BCUT2D eigenvalue weighted by molar-refractivity contribution is 5.79. The fourth-order valence-electron chi connectivity index (χ4n) is 1.78. The van der Waals surface area contributed by atoms with Gasteiger partial charge in [0.15, 0.2) is 5.96 Å². The molecule has 108 valence electrons. The molecule has 0 atom stereocenters. The molecule has 0 saturated carbocycles. The van der Waals surface area contributed by atoms with Crippen LogP contribution in [0.2, 0.25) is 0 Å². The predicted octanol–water partition coefficient (Wildman–Crippen LogP) is 0.248. The van der Waals surface area contributed by atoms with Crippen molar-refractivity contribution in [3.63, 3.8) is 0 Å². The van der Waals surface area contributed by atoms with Crippen LogP contribution in [0.4, 0.5) is 0 Å². The molecule has 0 amide bonds. The minimum atomic E-state index is 0.629. The third-order valence-corrected chi connectivity index (χ3v) is 2.94. The molecule has 0 aromatic carbocycles. The highest BCUT2D eigenvalue weighted by atomic mass is 16.5. The Morgan fingerprint density at radius 2 is 2.25 bits per heavy atom. The van der Waals surface area contributed by atoms with Crippen LogP contribution in [-0.4, -0.2) is 39.5 Å². The fourth-order valence-corrected chi connectivity index (χ4v) is 1.78. The summed E-state index contributed by atoms with van der Waals surface area (Å²) in [5, 5.41) is 14.4. The number of aliphatic imine (C=N–C) groups is 1. The Morgan fingerprint density at radius 1 is 1.40 bits per heavy atom. The normalized spacial score (nSPS) is 11.7. The predicted molar refractivity (Wildman–Crippen MR) is 74.2 cm³/mol. The van der Waals surface area contributed by atoms with Gasteiger partial charge in [-0.25, -0.2) is 4.98 Å². The summed E-state index contributed by atoms with van der Waals surface area (Å²) in [6, 6.07) is 0. The Hall–Kier alpha value is -2.38. The van der Waals surface area contributed by atoms with Crippen molar-refractivity contribution in [3.8, 4) is 0 Å². The van der Waals surface area contributed by atoms with E-state index in [0.29, 0.717) is 13.1 Å². The van der Waals surface area contributed by atoms with Crippen LogP contribution < -0.4 is 10.6 Å². The van der Waals surface area contributed by atoms with Crippen LogP contribution in [0.15, 0.2) is 22.2 Å². The topological polar surface area (TPSA) is 93.2 Å². The molecular weight excluding hydrogens is 258 g/mol. The summed E-state index contributed by atoms with van der Waals surface area (Å²) in [6.07, 6.45) is 3.20. The first-order chi connectivity index (χ1) is 9.70. The fraction of sp³-hybridized carbons (Fsp3) is 0.500. The standard InChI is InChI=1S/C12H19N7O/c1-9-11(10(2)20-18-9)6-16-12(13-3)15-4-5-19-8-14-7-17-19/h7-8H,4-6H2,1-3H3,(H2,13,15,16). The second kappa shape index (κ2) is 6.69. The van der Waals surface area contributed by atoms with E-state index in [1.807, 2.05) is 13.8 Å². The lowest BCUT2D eigenvalue weighted by molar-refractivity contribution is 0.392. The average molecular weight is 277 g/mol. The van der Waals surface area contributed by atoms with E-state index < -0.39 is 0 Å². The maximum absolute atomic E-state index is 5.12. The van der Waals surface area contributed by atoms with E-state index in [9.17, 15) is 0 Å². The highest BCUT2D eigenvalue weighted by Gasteiger charge is 2.09. The van der Waals surface area contributed by atoms with Gasteiger partial charge in [0.2, 0.25) is 0 Å². The van der Waals surface area contributed by atoms with Crippen LogP contribution >= 0.6 is 0 Å². The van der Waals surface area contributed by atoms with Crippen LogP contribution in [0.5, 0.6) is 0 Å². The van der Waals surface area contributed by atoms with Crippen molar-refractivity contribution >= 4 is 5.96 Å². The van der Waals surface area contributed by atoms with Crippen molar-refractivity contribution in [1.82, 2.24) is 30.6 Å². The zero-order valence-electron chi connectivity index (χ0n) is 11.9. The minimum absolute atomic E-state index is 0.629. The summed E-state index contributed by atoms with van der Waals surface area (Å²) in [6.45, 7) is 5.90. The van der Waals surface area contributed by atoms with Gasteiger partial charge in [0, 0.05) is 25.7 Å². The third kappa shape index (κ3) is 3.56. The molecule has 2 N–H and O–H groups in total. The van der Waals surface area contributed by atoms with Crippen LogP contribution in [0.1, 0.15) is 17.0 Å². The summed E-state index contributed by atoms with van der Waals surface area (Å²) in [4.78, 5) is 8.05. The maximum atomic E-state index is 5.12. The zero-order chi connectivity index (χ0) is 14.4. The molecule has 0 radical (unpaired) electrons. The molecule has 0 aliphatic carbocycles. The smallest absolute Gasteiger partial charge is 0.191 e. The largest absolute Gasteiger partial charge is 0.361 e. The first-order valence-corrected chi connectivity index (χ1v) is 6.39. The molecule has 0 bridgehead atoms. The van der Waals surface area contributed by atoms with Gasteiger partial charge >= 0.3 is 0 Å². The summed E-state index contributed by atoms with van der Waals surface area (Å²) < 4.78 is 6.88. The molecular formula is C12H19N7O. The molecule has 2 aromatic rings. The Kier molecular flexibility index (Phi) is 4.70. The number of aromatic nitrogens is 4. The van der Waals surface area contributed by atoms with Crippen LogP contribution in [0, 0.1) is 13.8 Å². The Balaban J connectivity index is 1.78. The Bertz CT molecular complexity index is 539. The molecule has 0 unspecified atom stereocenters. The molecule has 20 heavy (non-hydrogen) atoms. The van der Waals surface area contributed by atoms with Gasteiger partial charge in [0.25, 0.3) is 0 Å². The van der Waals surface area contributed by atoms with E-state index in [4.69, 9.17) is 4.52 Å². The lowest BCUT2D eigenvalue weighted by atomic mass is 10.2. The van der Waals surface area contributed by atoms with Gasteiger partial charge < -0.3 is 15.2 Å². The number of hydrogen-bond donors (Lipinski definition) is 2. The van der Waals surface area contributed by atoms with Crippen molar-refractivity contribution in [2.45, 2.75) is 26.9 Å². The maximum Gasteiger partial charge on any atom is 0.191 e. The number of hydrogen-bond acceptors (Lipinski definition) is 5. The summed E-state index contributed by atoms with van der Waals surface area (Å²) in [5.74, 6) is 1.55. The van der Waals surface area contributed by atoms with E-state index in [1.165, 1.54) is 6.33 Å². The molecule has 0 spiro atoms. The van der Waals surface area contributed by atoms with Crippen molar-refractivity contribution in [1.29, 1.82) is 0 Å². The Morgan fingerprint density at radius 3 is 2.85 bits per heavy atom. The van der Waals surface area contributed by atoms with Crippen molar-refractivity contribution in [2.24, 2.45) is 4.99 Å². The first-order valence-electron chi connectivity index (χ1n) is 6.39. The second-order valence-corrected chi connectivity index (χ2v) is 4.31. The van der Waals surface area contributed by atoms with Crippen LogP contribution in [0.3, 0.4) is 0 Å². The monoisotopic (exact) mass is 277 g/mol.